The smallest absolute Gasteiger partial charge is 0.303 e. The maximum absolute atomic E-state index is 12.4. The number of amides is 1. The number of esters is 1. The number of nitrogens with one attached hydrogen (secondary N) is 1. The molecule has 2 N–H and O–H groups in total. The van der Waals surface area contributed by atoms with E-state index >= 15 is 0 Å². The van der Waals surface area contributed by atoms with Gasteiger partial charge in [0, 0.05) is 43.1 Å². The van der Waals surface area contributed by atoms with Gasteiger partial charge in [0.2, 0.25) is 0 Å². The van der Waals surface area contributed by atoms with E-state index < -0.39 is 18.4 Å². The number of nitrogens with zero attached hydrogens (tertiary/aromatic N) is 2. The Balaban J connectivity index is 1.34. The molecule has 5 atom stereocenters. The van der Waals surface area contributed by atoms with E-state index in [1.165, 1.54) is 6.92 Å². The summed E-state index contributed by atoms with van der Waals surface area (Å²) in [6, 6.07) is 25.5. The van der Waals surface area contributed by atoms with Crippen LogP contribution in [0.3, 0.4) is 0 Å². The van der Waals surface area contributed by atoms with Crippen molar-refractivity contribution < 1.29 is 28.9 Å². The quantitative estimate of drug-likeness (QED) is 0.121. The Bertz CT molecular complexity index is 1570. The lowest BCUT2D eigenvalue weighted by Gasteiger charge is -2.41. The molecule has 1 aliphatic heterocycles. The van der Waals surface area contributed by atoms with Gasteiger partial charge in [-0.2, -0.15) is 0 Å². The van der Waals surface area contributed by atoms with Gasteiger partial charge in [-0.1, -0.05) is 91.5 Å². The number of carbonyl (C=O) groups is 2. The number of rotatable bonds is 11. The number of ether oxygens (including phenoxy) is 3. The Kier molecular flexibility index (Phi) is 11.0. The molecule has 1 fully saturated rings. The fraction of sp³-hybridized carbons (Fsp3) is 0.314. The maximum atomic E-state index is 12.4. The van der Waals surface area contributed by atoms with E-state index in [0.29, 0.717) is 10.9 Å². The van der Waals surface area contributed by atoms with E-state index in [0.717, 1.165) is 33.4 Å². The molecule has 2 heterocycles. The lowest BCUT2D eigenvalue weighted by atomic mass is 9.91. The SMILES string of the molecule is CC(=O)O[C@@H](C)C(=O)NCc1ccccc1-c1ccc([C@H]2O[C@@H](CSc3ncccn3)[C@@H](C)[C@@H](c3ccc(CO)cc3)O2)cc1. The van der Waals surface area contributed by atoms with Crippen LogP contribution in [-0.2, 0) is 37.0 Å². The molecule has 10 heteroatoms. The van der Waals surface area contributed by atoms with Crippen molar-refractivity contribution in [3.8, 4) is 11.1 Å². The highest BCUT2D eigenvalue weighted by atomic mass is 32.2. The maximum Gasteiger partial charge on any atom is 0.303 e. The number of hydrogen-bond acceptors (Lipinski definition) is 9. The summed E-state index contributed by atoms with van der Waals surface area (Å²) in [6.07, 6.45) is 1.63. The third kappa shape index (κ3) is 8.34. The number of thioether (sulfide) groups is 1. The zero-order chi connectivity index (χ0) is 31.8. The first-order chi connectivity index (χ1) is 21.8. The van der Waals surface area contributed by atoms with Gasteiger partial charge in [-0.05, 0) is 40.8 Å². The second-order valence-corrected chi connectivity index (χ2v) is 11.9. The van der Waals surface area contributed by atoms with Crippen molar-refractivity contribution in [1.29, 1.82) is 0 Å². The highest BCUT2D eigenvalue weighted by molar-refractivity contribution is 7.99. The van der Waals surface area contributed by atoms with Gasteiger partial charge in [-0.25, -0.2) is 9.97 Å². The van der Waals surface area contributed by atoms with Crippen molar-refractivity contribution in [2.24, 2.45) is 5.92 Å². The normalized spacial score (nSPS) is 20.3. The van der Waals surface area contributed by atoms with Gasteiger partial charge in [-0.15, -0.1) is 0 Å². The van der Waals surface area contributed by atoms with Crippen LogP contribution in [0.15, 0.2) is 96.4 Å². The molecule has 1 aromatic heterocycles. The van der Waals surface area contributed by atoms with Crippen LogP contribution in [-0.4, -0.2) is 44.9 Å². The summed E-state index contributed by atoms with van der Waals surface area (Å²) in [4.78, 5) is 32.3. The summed E-state index contributed by atoms with van der Waals surface area (Å²) in [6.45, 7) is 5.23. The lowest BCUT2D eigenvalue weighted by Crippen LogP contribution is -2.38. The average molecular weight is 628 g/mol. The number of benzene rings is 3. The van der Waals surface area contributed by atoms with Gasteiger partial charge in [0.1, 0.15) is 0 Å². The van der Waals surface area contributed by atoms with Gasteiger partial charge in [0.25, 0.3) is 5.91 Å². The monoisotopic (exact) mass is 627 g/mol. The Morgan fingerprint density at radius 3 is 2.33 bits per heavy atom. The number of aliphatic hydroxyl groups is 1. The summed E-state index contributed by atoms with van der Waals surface area (Å²) in [5.74, 6) is -0.158. The minimum Gasteiger partial charge on any atom is -0.453 e. The first-order valence-electron chi connectivity index (χ1n) is 14.9. The van der Waals surface area contributed by atoms with Crippen LogP contribution in [0.4, 0.5) is 0 Å². The zero-order valence-electron chi connectivity index (χ0n) is 25.5. The molecule has 0 bridgehead atoms. The first kappa shape index (κ1) is 32.3. The van der Waals surface area contributed by atoms with E-state index in [4.69, 9.17) is 14.2 Å². The minimum absolute atomic E-state index is 0.0152. The fourth-order valence-electron chi connectivity index (χ4n) is 5.23. The van der Waals surface area contributed by atoms with E-state index in [1.54, 1.807) is 37.1 Å². The molecule has 45 heavy (non-hydrogen) atoms. The van der Waals surface area contributed by atoms with Crippen LogP contribution in [0.1, 0.15) is 55.4 Å². The summed E-state index contributed by atoms with van der Waals surface area (Å²) in [7, 11) is 0. The molecule has 0 spiro atoms. The van der Waals surface area contributed by atoms with Crippen LogP contribution in [0, 0.1) is 5.92 Å². The number of carbonyl (C=O) groups excluding carboxylic acids is 2. The van der Waals surface area contributed by atoms with Crippen molar-refractivity contribution in [3.63, 3.8) is 0 Å². The van der Waals surface area contributed by atoms with E-state index in [1.807, 2.05) is 72.8 Å². The zero-order valence-corrected chi connectivity index (χ0v) is 26.3. The first-order valence-corrected chi connectivity index (χ1v) is 15.8. The molecule has 234 valence electrons. The Labute approximate surface area is 267 Å². The molecule has 1 saturated heterocycles. The lowest BCUT2D eigenvalue weighted by molar-refractivity contribution is -0.268. The van der Waals surface area contributed by atoms with Gasteiger partial charge in [0.15, 0.2) is 17.6 Å². The predicted octanol–water partition coefficient (Wildman–Crippen LogP) is 5.79. The molecule has 3 aromatic carbocycles. The molecule has 9 nitrogen and oxygen atoms in total. The van der Waals surface area contributed by atoms with Crippen molar-refractivity contribution in [1.82, 2.24) is 15.3 Å². The predicted molar refractivity (Wildman–Crippen MR) is 171 cm³/mol. The average Bonchev–Trinajstić information content (AvgIpc) is 3.07. The molecule has 0 aliphatic carbocycles. The van der Waals surface area contributed by atoms with Crippen LogP contribution in [0.25, 0.3) is 11.1 Å². The largest absolute Gasteiger partial charge is 0.453 e. The van der Waals surface area contributed by atoms with Crippen LogP contribution in [0.5, 0.6) is 0 Å². The van der Waals surface area contributed by atoms with Crippen molar-refractivity contribution in [2.45, 2.75) is 63.7 Å². The van der Waals surface area contributed by atoms with E-state index in [-0.39, 0.29) is 37.2 Å². The van der Waals surface area contributed by atoms with Crippen LogP contribution >= 0.6 is 11.8 Å². The Morgan fingerprint density at radius 1 is 0.956 bits per heavy atom. The minimum atomic E-state index is -0.869. The van der Waals surface area contributed by atoms with E-state index in [9.17, 15) is 14.7 Å². The third-order valence-electron chi connectivity index (χ3n) is 7.72. The molecule has 4 aromatic rings. The highest BCUT2D eigenvalue weighted by Crippen LogP contribution is 2.43. The Morgan fingerprint density at radius 2 is 1.64 bits per heavy atom. The van der Waals surface area contributed by atoms with Crippen LogP contribution in [0.2, 0.25) is 0 Å². The van der Waals surface area contributed by atoms with Gasteiger partial charge in [-0.3, -0.25) is 9.59 Å². The number of aliphatic hydroxyl groups excluding tert-OH is 1. The summed E-state index contributed by atoms with van der Waals surface area (Å²) >= 11 is 1.55. The van der Waals surface area contributed by atoms with Gasteiger partial charge >= 0.3 is 5.97 Å². The van der Waals surface area contributed by atoms with Crippen molar-refractivity contribution in [2.75, 3.05) is 5.75 Å². The fourth-order valence-corrected chi connectivity index (χ4v) is 6.20. The third-order valence-corrected chi connectivity index (χ3v) is 8.68. The highest BCUT2D eigenvalue weighted by Gasteiger charge is 2.38. The molecule has 0 unspecified atom stereocenters. The molecule has 5 rings (SSSR count). The van der Waals surface area contributed by atoms with Crippen LogP contribution < -0.4 is 5.32 Å². The summed E-state index contributed by atoms with van der Waals surface area (Å²) < 4.78 is 18.2. The molecule has 0 saturated carbocycles. The Hall–Kier alpha value is -4.09. The number of hydrogen-bond donors (Lipinski definition) is 2. The van der Waals surface area contributed by atoms with Crippen molar-refractivity contribution in [3.05, 3.63) is 114 Å². The molecule has 0 radical (unpaired) electrons. The number of aromatic nitrogens is 2. The molecule has 1 amide bonds. The summed E-state index contributed by atoms with van der Waals surface area (Å²) in [5.41, 5.74) is 5.63. The van der Waals surface area contributed by atoms with Gasteiger partial charge in [0.05, 0.1) is 18.8 Å². The second-order valence-electron chi connectivity index (χ2n) is 10.9. The second kappa shape index (κ2) is 15.3. The van der Waals surface area contributed by atoms with E-state index in [2.05, 4.69) is 22.2 Å². The molecule has 1 aliphatic rings. The molecular formula is C35H37N3O6S. The van der Waals surface area contributed by atoms with Crippen molar-refractivity contribution >= 4 is 23.6 Å². The molecular weight excluding hydrogens is 590 g/mol. The summed E-state index contributed by atoms with van der Waals surface area (Å²) in [5, 5.41) is 13.1. The standard InChI is InChI=1S/C35H37N3O6S/c1-22-31(21-45-35-36-17-6-18-37-35)43-34(44-32(22)27-11-9-25(20-39)10-12-27)28-15-13-26(14-16-28)30-8-5-4-7-29(30)19-38-33(41)23(2)42-24(3)40/h4-18,22-23,31-32,34,39H,19-21H2,1-3H3,(H,38,41)/t22-,23+,31+,32+,34+/m1/s1. The van der Waals surface area contributed by atoms with Gasteiger partial charge < -0.3 is 24.6 Å². The topological polar surface area (TPSA) is 120 Å².